The third-order valence-corrected chi connectivity index (χ3v) is 10.1. The first-order valence-electron chi connectivity index (χ1n) is 19.4. The highest BCUT2D eigenvalue weighted by molar-refractivity contribution is 5.95. The van der Waals surface area contributed by atoms with Crippen LogP contribution >= 0.6 is 0 Å². The number of carbonyl (C=O) groups excluding carboxylic acids is 6. The van der Waals surface area contributed by atoms with E-state index in [1.54, 1.807) is 31.5 Å². The summed E-state index contributed by atoms with van der Waals surface area (Å²) in [5, 5.41) is 7.52. The lowest BCUT2D eigenvalue weighted by atomic mass is 9.94. The first kappa shape index (κ1) is 45.4. The van der Waals surface area contributed by atoms with Crippen molar-refractivity contribution >= 4 is 46.3 Å². The number of fused-ring (bicyclic) bond motifs is 1. The summed E-state index contributed by atoms with van der Waals surface area (Å²) in [6.07, 6.45) is 9.87. The molecule has 11 N–H and O–H groups in total. The Labute approximate surface area is 343 Å². The Balaban J connectivity index is 0.00000769. The van der Waals surface area contributed by atoms with Gasteiger partial charge in [-0.15, -0.1) is 0 Å². The molecule has 2 aromatic heterocycles. The molecular formula is C42H57N11O6. The molecule has 0 fully saturated rings. The van der Waals surface area contributed by atoms with Crippen LogP contribution in [0.4, 0.5) is 4.79 Å². The summed E-state index contributed by atoms with van der Waals surface area (Å²) in [5.41, 5.74) is 23.2. The minimum Gasteiger partial charge on any atom is -0.368 e. The average molecular weight is 812 g/mol. The molecule has 5 rings (SSSR count). The molecule has 0 unspecified atom stereocenters. The van der Waals surface area contributed by atoms with E-state index < -0.39 is 65.5 Å². The van der Waals surface area contributed by atoms with Crippen LogP contribution in [-0.2, 0) is 43.2 Å². The summed E-state index contributed by atoms with van der Waals surface area (Å²) < 4.78 is 0. The fourth-order valence-corrected chi connectivity index (χ4v) is 6.81. The number of benzene rings is 2. The van der Waals surface area contributed by atoms with Crippen molar-refractivity contribution < 1.29 is 28.8 Å². The second-order valence-corrected chi connectivity index (χ2v) is 14.5. The van der Waals surface area contributed by atoms with Crippen LogP contribution in [-0.4, -0.2) is 104 Å². The van der Waals surface area contributed by atoms with Crippen LogP contribution in [0, 0.1) is 5.92 Å². The van der Waals surface area contributed by atoms with Gasteiger partial charge in [-0.25, -0.2) is 14.8 Å². The number of rotatable bonds is 21. The molecule has 6 amide bonds. The number of nitrogens with one attached hydrogen (secondary N) is 5. The molecule has 1 aliphatic heterocycles. The highest BCUT2D eigenvalue weighted by Crippen LogP contribution is 2.21. The molecule has 3 heterocycles. The van der Waals surface area contributed by atoms with Crippen LogP contribution in [0.5, 0.6) is 0 Å². The van der Waals surface area contributed by atoms with Crippen molar-refractivity contribution in [3.63, 3.8) is 0 Å². The number of hydrazine groups is 1. The van der Waals surface area contributed by atoms with E-state index in [1.165, 1.54) is 11.2 Å². The first-order chi connectivity index (χ1) is 27.9. The Kier molecular flexibility index (Phi) is 16.9. The molecule has 17 heteroatoms. The molecule has 0 radical (unpaired) electrons. The fraction of sp³-hybridized carbons (Fsp3) is 0.405. The Bertz CT molecular complexity index is 2050. The molecule has 5 atom stereocenters. The van der Waals surface area contributed by atoms with Gasteiger partial charge in [0.15, 0.2) is 5.78 Å². The Morgan fingerprint density at radius 3 is 2.29 bits per heavy atom. The topological polar surface area (TPSA) is 268 Å². The Hall–Kier alpha value is -6.33. The number of carbonyl (C=O) groups is 6. The lowest BCUT2D eigenvalue weighted by Gasteiger charge is -2.34. The zero-order chi connectivity index (χ0) is 41.6. The van der Waals surface area contributed by atoms with E-state index in [1.807, 2.05) is 54.6 Å². The summed E-state index contributed by atoms with van der Waals surface area (Å²) in [4.78, 5) is 92.8. The molecule has 59 heavy (non-hydrogen) atoms. The number of hydrogen-bond acceptors (Lipinski definition) is 9. The number of primary amides is 1. The number of nitrogens with two attached hydrogens (primary N) is 3. The van der Waals surface area contributed by atoms with E-state index in [4.69, 9.17) is 17.2 Å². The van der Waals surface area contributed by atoms with E-state index in [9.17, 15) is 28.8 Å². The van der Waals surface area contributed by atoms with Crippen molar-refractivity contribution in [3.05, 3.63) is 102 Å². The SMILES string of the molecule is C.C[C@H](CC(=O)[C@@H](Cc1c[nH]c2ccccc12)NC(=O)[C@@H](N)Cc1cnc[nH]1)C(=O)NN1CC=CCN([C@H](Cc2ccccc2)C(=O)N[C@@H](CCCCN)C(N)=O)C1=O. The maximum Gasteiger partial charge on any atom is 0.339 e. The van der Waals surface area contributed by atoms with Gasteiger partial charge >= 0.3 is 6.03 Å². The zero-order valence-corrected chi connectivity index (χ0v) is 32.6. The molecule has 2 aromatic carbocycles. The smallest absolute Gasteiger partial charge is 0.339 e. The number of Topliss-reactive ketones (excluding diaryl/α,β-unsaturated/α-hetero) is 1. The maximum atomic E-state index is 14.2. The second-order valence-electron chi connectivity index (χ2n) is 14.5. The highest BCUT2D eigenvalue weighted by Gasteiger charge is 2.36. The lowest BCUT2D eigenvalue weighted by molar-refractivity contribution is -0.133. The lowest BCUT2D eigenvalue weighted by Crippen LogP contribution is -2.59. The first-order valence-corrected chi connectivity index (χ1v) is 19.4. The highest BCUT2D eigenvalue weighted by atomic mass is 16.2. The van der Waals surface area contributed by atoms with Crippen LogP contribution in [0.2, 0.25) is 0 Å². The van der Waals surface area contributed by atoms with Crippen molar-refractivity contribution in [2.75, 3.05) is 19.6 Å². The minimum atomic E-state index is -1.08. The number of hydrogen-bond donors (Lipinski definition) is 8. The molecule has 0 aliphatic carbocycles. The predicted octanol–water partition coefficient (Wildman–Crippen LogP) is 1.76. The standard InChI is InChI=1S/C41H53N11O6.CH4/c1-26(19-36(53)34(21-28-23-46-32-14-6-5-13-30(28)32)49-39(56)31(43)22-29-24-45-25-47-29)38(55)50-52-18-10-9-17-51(41(52)58)35(20-27-11-3-2-4-12-27)40(57)48-33(37(44)54)15-7-8-16-42;/h2-6,9-14,23-26,31,33-35,46H,7-8,15-22,42-43H2,1H3,(H2,44,54)(H,45,47)(H,48,57)(H,49,56)(H,50,55);1H4/t26-,31+,33+,34-,35-;/m1./s1. The van der Waals surface area contributed by atoms with Gasteiger partial charge in [0.05, 0.1) is 25.0 Å². The Morgan fingerprint density at radius 1 is 0.864 bits per heavy atom. The fourth-order valence-electron chi connectivity index (χ4n) is 6.81. The number of para-hydroxylation sites is 1. The summed E-state index contributed by atoms with van der Waals surface area (Å²) in [6.45, 7) is 2.00. The molecule has 4 aromatic rings. The summed E-state index contributed by atoms with van der Waals surface area (Å²) in [6, 6.07) is 12.0. The third-order valence-electron chi connectivity index (χ3n) is 10.1. The molecule has 0 spiro atoms. The van der Waals surface area contributed by atoms with Crippen LogP contribution in [0.1, 0.15) is 56.9 Å². The van der Waals surface area contributed by atoms with E-state index >= 15 is 0 Å². The monoisotopic (exact) mass is 811 g/mol. The molecule has 0 bridgehead atoms. The van der Waals surface area contributed by atoms with Crippen molar-refractivity contribution in [2.45, 2.75) is 83.5 Å². The second kappa shape index (κ2) is 22.0. The van der Waals surface area contributed by atoms with Gasteiger partial charge in [-0.05, 0) is 43.0 Å². The summed E-state index contributed by atoms with van der Waals surface area (Å²) in [5.74, 6) is -3.80. The summed E-state index contributed by atoms with van der Waals surface area (Å²) >= 11 is 0. The van der Waals surface area contributed by atoms with Gasteiger partial charge in [0.25, 0.3) is 0 Å². The van der Waals surface area contributed by atoms with Gasteiger partial charge in [-0.3, -0.25) is 29.4 Å². The van der Waals surface area contributed by atoms with Crippen LogP contribution < -0.4 is 33.3 Å². The number of amides is 6. The van der Waals surface area contributed by atoms with Crippen LogP contribution in [0.25, 0.3) is 10.9 Å². The molecular weight excluding hydrogens is 755 g/mol. The van der Waals surface area contributed by atoms with E-state index in [-0.39, 0.29) is 52.6 Å². The summed E-state index contributed by atoms with van der Waals surface area (Å²) in [7, 11) is 0. The van der Waals surface area contributed by atoms with Gasteiger partial charge in [0.1, 0.15) is 12.1 Å². The van der Waals surface area contributed by atoms with E-state index in [2.05, 4.69) is 31.0 Å². The van der Waals surface area contributed by atoms with Crippen molar-refractivity contribution in [2.24, 2.45) is 23.1 Å². The van der Waals surface area contributed by atoms with Gasteiger partial charge in [-0.1, -0.05) is 75.0 Å². The van der Waals surface area contributed by atoms with Crippen molar-refractivity contribution in [1.82, 2.24) is 40.9 Å². The van der Waals surface area contributed by atoms with E-state index in [0.29, 0.717) is 25.1 Å². The zero-order valence-electron chi connectivity index (χ0n) is 32.6. The predicted molar refractivity (Wildman–Crippen MR) is 224 cm³/mol. The van der Waals surface area contributed by atoms with Gasteiger partial charge in [-0.2, -0.15) is 0 Å². The largest absolute Gasteiger partial charge is 0.368 e. The van der Waals surface area contributed by atoms with Crippen molar-refractivity contribution in [1.29, 1.82) is 0 Å². The van der Waals surface area contributed by atoms with Gasteiger partial charge in [0, 0.05) is 67.1 Å². The molecule has 0 saturated heterocycles. The number of aromatic nitrogens is 3. The number of nitrogens with zero attached hydrogens (tertiary/aromatic N) is 3. The molecule has 0 saturated carbocycles. The van der Waals surface area contributed by atoms with Gasteiger partial charge < -0.3 is 42.7 Å². The van der Waals surface area contributed by atoms with Crippen LogP contribution in [0.3, 0.4) is 0 Å². The minimum absolute atomic E-state index is 0. The van der Waals surface area contributed by atoms with Gasteiger partial charge in [0.2, 0.25) is 23.6 Å². The average Bonchev–Trinajstić information content (AvgIpc) is 3.84. The normalized spacial score (nSPS) is 15.3. The molecule has 1 aliphatic rings. The number of unbranched alkanes of at least 4 members (excludes halogenated alkanes) is 1. The molecule has 17 nitrogen and oxygen atoms in total. The number of urea groups is 1. The number of imidazole rings is 1. The third kappa shape index (κ3) is 12.6. The quantitative estimate of drug-likeness (QED) is 0.0449. The van der Waals surface area contributed by atoms with Crippen molar-refractivity contribution in [3.8, 4) is 0 Å². The van der Waals surface area contributed by atoms with Crippen LogP contribution in [0.15, 0.2) is 85.5 Å². The Morgan fingerprint density at radius 2 is 1.58 bits per heavy atom. The number of H-pyrrole nitrogens is 2. The number of ketones is 1. The number of aromatic amines is 2. The maximum absolute atomic E-state index is 14.2. The molecule has 316 valence electrons. The van der Waals surface area contributed by atoms with E-state index in [0.717, 1.165) is 27.0 Å².